The molecule has 1 aromatic rings. The molecule has 1 heterocycles. The number of fused-ring (bicyclic) bond motifs is 1. The number of urea groups is 1. The highest BCUT2D eigenvalue weighted by Crippen LogP contribution is 2.45. The number of halogens is 4. The van der Waals surface area contributed by atoms with Crippen molar-refractivity contribution in [1.82, 2.24) is 5.32 Å². The first-order valence-corrected chi connectivity index (χ1v) is 7.69. The highest BCUT2D eigenvalue weighted by atomic mass is 35.5. The summed E-state index contributed by atoms with van der Waals surface area (Å²) in [4.78, 5) is 11.8. The topological polar surface area (TPSA) is 41.1 Å². The van der Waals surface area contributed by atoms with Gasteiger partial charge in [0.2, 0.25) is 5.54 Å². The minimum atomic E-state index is -4.74. The predicted molar refractivity (Wildman–Crippen MR) is 81.1 cm³/mol. The molecule has 3 nitrogen and oxygen atoms in total. The van der Waals surface area contributed by atoms with Crippen molar-refractivity contribution in [2.24, 2.45) is 5.92 Å². The van der Waals surface area contributed by atoms with Gasteiger partial charge in [-0.25, -0.2) is 4.79 Å². The molecular formula is C16H14ClF3N2O. The predicted octanol–water partition coefficient (Wildman–Crippen LogP) is 4.04. The molecular weight excluding hydrogens is 329 g/mol. The number of carbonyl (C=O) groups is 1. The normalized spacial score (nSPS) is 23.3. The van der Waals surface area contributed by atoms with Crippen LogP contribution in [0.2, 0.25) is 0 Å². The molecule has 1 aromatic carbocycles. The van der Waals surface area contributed by atoms with Gasteiger partial charge in [-0.2, -0.15) is 13.2 Å². The van der Waals surface area contributed by atoms with E-state index in [1.165, 1.54) is 12.1 Å². The zero-order chi connectivity index (χ0) is 16.8. The van der Waals surface area contributed by atoms with Crippen molar-refractivity contribution in [1.29, 1.82) is 0 Å². The van der Waals surface area contributed by atoms with Gasteiger partial charge < -0.3 is 10.6 Å². The van der Waals surface area contributed by atoms with Crippen molar-refractivity contribution in [3.05, 3.63) is 28.8 Å². The lowest BCUT2D eigenvalue weighted by atomic mass is 9.84. The summed E-state index contributed by atoms with van der Waals surface area (Å²) >= 11 is 5.80. The fourth-order valence-electron chi connectivity index (χ4n) is 2.53. The molecule has 122 valence electrons. The van der Waals surface area contributed by atoms with Gasteiger partial charge in [0.25, 0.3) is 0 Å². The Morgan fingerprint density at radius 3 is 2.65 bits per heavy atom. The number of nitrogens with one attached hydrogen (secondary N) is 2. The molecule has 1 atom stereocenters. The molecule has 2 aliphatic rings. The summed E-state index contributed by atoms with van der Waals surface area (Å²) in [6, 6.07) is 1.95. The molecule has 0 unspecified atom stereocenters. The van der Waals surface area contributed by atoms with Crippen LogP contribution in [0.1, 0.15) is 29.5 Å². The minimum absolute atomic E-state index is 0.0207. The smallest absolute Gasteiger partial charge is 0.310 e. The second-order valence-corrected chi connectivity index (χ2v) is 6.10. The molecule has 1 saturated carbocycles. The van der Waals surface area contributed by atoms with Gasteiger partial charge in [-0.3, -0.25) is 0 Å². The number of anilines is 1. The van der Waals surface area contributed by atoms with E-state index in [4.69, 9.17) is 11.6 Å². The van der Waals surface area contributed by atoms with Crippen LogP contribution in [0.3, 0.4) is 0 Å². The first-order valence-electron chi connectivity index (χ1n) is 7.15. The van der Waals surface area contributed by atoms with Crippen molar-refractivity contribution in [2.45, 2.75) is 37.4 Å². The Bertz CT molecular complexity index is 731. The van der Waals surface area contributed by atoms with Crippen LogP contribution in [0.5, 0.6) is 0 Å². The van der Waals surface area contributed by atoms with Gasteiger partial charge in [0.15, 0.2) is 0 Å². The lowest BCUT2D eigenvalue weighted by Crippen LogP contribution is -2.59. The molecule has 1 fully saturated rings. The molecule has 0 aromatic heterocycles. The number of hydrogen-bond acceptors (Lipinski definition) is 1. The number of carbonyl (C=O) groups excluding carboxylic acids is 1. The Balaban J connectivity index is 2.23. The van der Waals surface area contributed by atoms with Crippen LogP contribution >= 0.6 is 11.6 Å². The van der Waals surface area contributed by atoms with Crippen LogP contribution in [-0.4, -0.2) is 12.2 Å². The molecule has 0 bridgehead atoms. The Morgan fingerprint density at radius 1 is 1.39 bits per heavy atom. The third-order valence-electron chi connectivity index (χ3n) is 4.04. The van der Waals surface area contributed by atoms with Crippen LogP contribution in [0.15, 0.2) is 12.1 Å². The third kappa shape index (κ3) is 2.74. The second kappa shape index (κ2) is 5.34. The Labute approximate surface area is 136 Å². The fourth-order valence-corrected chi connectivity index (χ4v) is 2.82. The van der Waals surface area contributed by atoms with Gasteiger partial charge in [-0.1, -0.05) is 11.8 Å². The van der Waals surface area contributed by atoms with Crippen molar-refractivity contribution in [3.63, 3.8) is 0 Å². The Kier molecular flexibility index (Phi) is 3.72. The van der Waals surface area contributed by atoms with Crippen LogP contribution in [0.4, 0.5) is 23.7 Å². The largest absolute Gasteiger partial charge is 0.427 e. The molecule has 2 N–H and O–H groups in total. The Morgan fingerprint density at radius 2 is 2.09 bits per heavy atom. The lowest BCUT2D eigenvalue weighted by molar-refractivity contribution is -0.178. The number of benzene rings is 1. The van der Waals surface area contributed by atoms with E-state index in [2.05, 4.69) is 17.2 Å². The molecule has 23 heavy (non-hydrogen) atoms. The minimum Gasteiger partial charge on any atom is -0.310 e. The molecule has 0 radical (unpaired) electrons. The summed E-state index contributed by atoms with van der Waals surface area (Å²) in [5, 5.41) is 4.41. The standard InChI is InChI=1S/C16H14ClF3N2O/c1-9-6-12-13(7-11(9)8-17)21-14(23)22-15(12,16(18,19)20)5-4-10-2-3-10/h6-7,10H,2-3,8H2,1H3,(H2,21,22,23)/t15-/m0/s1. The SMILES string of the molecule is Cc1cc2c(cc1CCl)NC(=O)N[C@]2(C#CC1CC1)C(F)(F)F. The number of aryl methyl sites for hydroxylation is 1. The molecule has 1 aliphatic carbocycles. The van der Waals surface area contributed by atoms with Crippen LogP contribution in [-0.2, 0) is 11.4 Å². The summed E-state index contributed by atoms with van der Waals surface area (Å²) in [5.41, 5.74) is -1.40. The van der Waals surface area contributed by atoms with Crippen LogP contribution in [0, 0.1) is 24.7 Å². The van der Waals surface area contributed by atoms with E-state index in [9.17, 15) is 18.0 Å². The van der Waals surface area contributed by atoms with E-state index in [-0.39, 0.29) is 23.0 Å². The van der Waals surface area contributed by atoms with Crippen LogP contribution in [0.25, 0.3) is 0 Å². The van der Waals surface area contributed by atoms with Crippen molar-refractivity contribution >= 4 is 23.3 Å². The van der Waals surface area contributed by atoms with Crippen LogP contribution < -0.4 is 10.6 Å². The molecule has 1 aliphatic heterocycles. The number of amides is 2. The summed E-state index contributed by atoms with van der Waals surface area (Å²) in [7, 11) is 0. The third-order valence-corrected chi connectivity index (χ3v) is 4.33. The number of rotatable bonds is 1. The quantitative estimate of drug-likeness (QED) is 0.587. The van der Waals surface area contributed by atoms with Gasteiger partial charge in [-0.05, 0) is 43.0 Å². The average molecular weight is 343 g/mol. The number of alkyl halides is 4. The summed E-state index contributed by atoms with van der Waals surface area (Å²) < 4.78 is 41.6. The van der Waals surface area contributed by atoms with Gasteiger partial charge >= 0.3 is 12.2 Å². The zero-order valence-electron chi connectivity index (χ0n) is 12.3. The summed E-state index contributed by atoms with van der Waals surface area (Å²) in [6.07, 6.45) is -3.15. The fraction of sp³-hybridized carbons (Fsp3) is 0.438. The highest BCUT2D eigenvalue weighted by molar-refractivity contribution is 6.17. The van der Waals surface area contributed by atoms with E-state index in [0.717, 1.165) is 12.8 Å². The first kappa shape index (κ1) is 16.0. The summed E-state index contributed by atoms with van der Waals surface area (Å²) in [6.45, 7) is 1.68. The highest BCUT2D eigenvalue weighted by Gasteiger charge is 2.59. The van der Waals surface area contributed by atoms with Gasteiger partial charge in [-0.15, -0.1) is 11.6 Å². The van der Waals surface area contributed by atoms with E-state index in [1.807, 2.05) is 5.32 Å². The molecule has 3 rings (SSSR count). The van der Waals surface area contributed by atoms with Gasteiger partial charge in [0, 0.05) is 23.0 Å². The van der Waals surface area contributed by atoms with E-state index >= 15 is 0 Å². The van der Waals surface area contributed by atoms with Gasteiger partial charge in [0.1, 0.15) is 0 Å². The van der Waals surface area contributed by atoms with Crippen molar-refractivity contribution in [3.8, 4) is 11.8 Å². The Hall–Kier alpha value is -1.87. The monoisotopic (exact) mass is 342 g/mol. The summed E-state index contributed by atoms with van der Waals surface area (Å²) in [5.74, 6) is 5.08. The molecule has 0 saturated heterocycles. The van der Waals surface area contributed by atoms with Gasteiger partial charge in [0.05, 0.1) is 0 Å². The molecule has 0 spiro atoms. The van der Waals surface area contributed by atoms with Crippen molar-refractivity contribution < 1.29 is 18.0 Å². The van der Waals surface area contributed by atoms with E-state index in [1.54, 1.807) is 6.92 Å². The lowest BCUT2D eigenvalue weighted by Gasteiger charge is -2.37. The number of hydrogen-bond donors (Lipinski definition) is 2. The first-order chi connectivity index (χ1) is 10.8. The maximum absolute atomic E-state index is 13.9. The van der Waals surface area contributed by atoms with E-state index in [0.29, 0.717) is 11.1 Å². The zero-order valence-corrected chi connectivity index (χ0v) is 13.0. The van der Waals surface area contributed by atoms with E-state index < -0.39 is 17.7 Å². The molecule has 7 heteroatoms. The maximum Gasteiger partial charge on any atom is 0.427 e. The maximum atomic E-state index is 13.9. The average Bonchev–Trinajstić information content (AvgIpc) is 3.27. The molecule has 2 amide bonds. The second-order valence-electron chi connectivity index (χ2n) is 5.83. The van der Waals surface area contributed by atoms with Crippen molar-refractivity contribution in [2.75, 3.05) is 5.32 Å².